The first-order valence-electron chi connectivity index (χ1n) is 8.38. The molecule has 0 bridgehead atoms. The minimum Gasteiger partial charge on any atom is -0.377 e. The Morgan fingerprint density at radius 3 is 2.59 bits per heavy atom. The molecule has 2 heterocycles. The molecule has 2 aromatic heterocycles. The number of para-hydroxylation sites is 1. The number of aliphatic hydroxyl groups excluding tert-OH is 1. The minimum atomic E-state index is -0.706. The standard InChI is InChI=1S/C19H18N6OS/c1-13-7-9-14(10-8-13)19(26)27-24-23-17-16-11-22-25(18(16)21-12-20-17)15-5-3-2-4-6-15/h2-12,19,24,26H,1H3,(H,20,21,23). The van der Waals surface area contributed by atoms with Crippen LogP contribution in [0.3, 0.4) is 0 Å². The lowest BCUT2D eigenvalue weighted by molar-refractivity contribution is 0.269. The Hall–Kier alpha value is -2.94. The molecule has 27 heavy (non-hydrogen) atoms. The van der Waals surface area contributed by atoms with Crippen molar-refractivity contribution in [3.63, 3.8) is 0 Å². The first kappa shape index (κ1) is 17.5. The van der Waals surface area contributed by atoms with Crippen molar-refractivity contribution in [3.05, 3.63) is 78.2 Å². The summed E-state index contributed by atoms with van der Waals surface area (Å²) in [6, 6.07) is 17.5. The van der Waals surface area contributed by atoms with Crippen LogP contribution in [0.25, 0.3) is 16.7 Å². The third-order valence-corrected chi connectivity index (χ3v) is 4.78. The van der Waals surface area contributed by atoms with Crippen molar-refractivity contribution in [2.45, 2.75) is 12.4 Å². The number of hydrogen-bond acceptors (Lipinski definition) is 7. The number of hydrazine groups is 1. The lowest BCUT2D eigenvalue weighted by Gasteiger charge is -2.13. The van der Waals surface area contributed by atoms with E-state index in [0.29, 0.717) is 11.5 Å². The molecule has 4 aromatic rings. The van der Waals surface area contributed by atoms with Gasteiger partial charge >= 0.3 is 0 Å². The maximum absolute atomic E-state index is 10.3. The molecule has 0 aliphatic rings. The van der Waals surface area contributed by atoms with E-state index in [9.17, 15) is 5.11 Å². The molecular weight excluding hydrogens is 360 g/mol. The minimum absolute atomic E-state index is 0.589. The normalized spacial score (nSPS) is 12.2. The second-order valence-electron chi connectivity index (χ2n) is 5.96. The van der Waals surface area contributed by atoms with Crippen molar-refractivity contribution in [1.82, 2.24) is 24.6 Å². The van der Waals surface area contributed by atoms with Crippen LogP contribution in [0, 0.1) is 6.92 Å². The summed E-state index contributed by atoms with van der Waals surface area (Å²) in [5, 5.41) is 15.5. The molecule has 0 aliphatic heterocycles. The van der Waals surface area contributed by atoms with Gasteiger partial charge in [0.15, 0.2) is 11.5 Å². The predicted octanol–water partition coefficient (Wildman–Crippen LogP) is 3.38. The smallest absolute Gasteiger partial charge is 0.168 e. The number of aromatic nitrogens is 4. The lowest BCUT2D eigenvalue weighted by Crippen LogP contribution is -2.16. The number of hydrogen-bond donors (Lipinski definition) is 3. The summed E-state index contributed by atoms with van der Waals surface area (Å²) in [4.78, 5) is 11.5. The van der Waals surface area contributed by atoms with Crippen molar-refractivity contribution in [3.8, 4) is 5.69 Å². The zero-order chi connectivity index (χ0) is 18.6. The highest BCUT2D eigenvalue weighted by Gasteiger charge is 2.12. The number of aliphatic hydroxyl groups is 1. The van der Waals surface area contributed by atoms with Crippen LogP contribution in [0.4, 0.5) is 5.82 Å². The van der Waals surface area contributed by atoms with Gasteiger partial charge < -0.3 is 5.11 Å². The summed E-state index contributed by atoms with van der Waals surface area (Å²) in [5.41, 5.74) is 5.91. The quantitative estimate of drug-likeness (QED) is 0.269. The third kappa shape index (κ3) is 3.77. The van der Waals surface area contributed by atoms with Crippen LogP contribution in [0.15, 0.2) is 67.1 Å². The van der Waals surface area contributed by atoms with Crippen LogP contribution in [0.2, 0.25) is 0 Å². The number of nitrogens with one attached hydrogen (secondary N) is 2. The van der Waals surface area contributed by atoms with Gasteiger partial charge in [-0.2, -0.15) is 9.93 Å². The molecule has 7 nitrogen and oxygen atoms in total. The van der Waals surface area contributed by atoms with Gasteiger partial charge in [-0.25, -0.2) is 14.6 Å². The van der Waals surface area contributed by atoms with Crippen LogP contribution in [0.1, 0.15) is 16.6 Å². The average molecular weight is 378 g/mol. The van der Waals surface area contributed by atoms with Crippen LogP contribution in [-0.2, 0) is 0 Å². The molecule has 4 rings (SSSR count). The van der Waals surface area contributed by atoms with E-state index in [1.54, 1.807) is 10.9 Å². The van der Waals surface area contributed by atoms with Crippen molar-refractivity contribution in [1.29, 1.82) is 0 Å². The molecule has 136 valence electrons. The Kier molecular flexibility index (Phi) is 5.01. The second kappa shape index (κ2) is 7.75. The highest BCUT2D eigenvalue weighted by Crippen LogP contribution is 2.25. The summed E-state index contributed by atoms with van der Waals surface area (Å²) >= 11 is 1.15. The van der Waals surface area contributed by atoms with Gasteiger partial charge in [0.2, 0.25) is 0 Å². The van der Waals surface area contributed by atoms with Crippen molar-refractivity contribution in [2.75, 3.05) is 5.43 Å². The van der Waals surface area contributed by atoms with Crippen molar-refractivity contribution in [2.24, 2.45) is 0 Å². The molecule has 0 radical (unpaired) electrons. The van der Waals surface area contributed by atoms with Gasteiger partial charge in [0, 0.05) is 0 Å². The first-order chi connectivity index (χ1) is 13.2. The number of aryl methyl sites for hydroxylation is 1. The van der Waals surface area contributed by atoms with E-state index >= 15 is 0 Å². The zero-order valence-corrected chi connectivity index (χ0v) is 15.4. The fourth-order valence-corrected chi connectivity index (χ4v) is 3.20. The summed E-state index contributed by atoms with van der Waals surface area (Å²) < 4.78 is 1.76. The summed E-state index contributed by atoms with van der Waals surface area (Å²) in [6.07, 6.45) is 3.20. The number of benzene rings is 2. The number of nitrogens with zero attached hydrogens (tertiary/aromatic N) is 4. The number of rotatable bonds is 6. The number of fused-ring (bicyclic) bond motifs is 1. The van der Waals surface area contributed by atoms with E-state index in [1.165, 1.54) is 6.33 Å². The maximum Gasteiger partial charge on any atom is 0.168 e. The molecule has 0 saturated carbocycles. The molecule has 8 heteroatoms. The van der Waals surface area contributed by atoms with Gasteiger partial charge in [-0.15, -0.1) is 0 Å². The van der Waals surface area contributed by atoms with Crippen molar-refractivity contribution < 1.29 is 5.11 Å². The summed E-state index contributed by atoms with van der Waals surface area (Å²) in [5.74, 6) is 0.589. The molecule has 1 atom stereocenters. The van der Waals surface area contributed by atoms with Crippen molar-refractivity contribution >= 4 is 28.8 Å². The van der Waals surface area contributed by atoms with Gasteiger partial charge in [-0.3, -0.25) is 5.43 Å². The van der Waals surface area contributed by atoms with Crippen LogP contribution >= 0.6 is 11.9 Å². The largest absolute Gasteiger partial charge is 0.377 e. The SMILES string of the molecule is Cc1ccc(C(O)SNNc2ncnc3c2cnn3-c2ccccc2)cc1. The lowest BCUT2D eigenvalue weighted by atomic mass is 10.2. The predicted molar refractivity (Wildman–Crippen MR) is 107 cm³/mol. The molecule has 3 N–H and O–H groups in total. The molecule has 0 saturated heterocycles. The Morgan fingerprint density at radius 1 is 1.04 bits per heavy atom. The van der Waals surface area contributed by atoms with Gasteiger partial charge in [-0.05, 0) is 36.6 Å². The Balaban J connectivity index is 1.48. The van der Waals surface area contributed by atoms with Crippen LogP contribution < -0.4 is 10.3 Å². The Labute approximate surface area is 160 Å². The molecule has 1 unspecified atom stereocenters. The monoisotopic (exact) mass is 378 g/mol. The van der Waals surface area contributed by atoms with Crippen LogP contribution in [-0.4, -0.2) is 24.9 Å². The molecule has 0 amide bonds. The first-order valence-corrected chi connectivity index (χ1v) is 9.26. The van der Waals surface area contributed by atoms with Gasteiger partial charge in [0.05, 0.1) is 17.3 Å². The van der Waals surface area contributed by atoms with Gasteiger partial charge in [0.25, 0.3) is 0 Å². The van der Waals surface area contributed by atoms with Crippen LogP contribution in [0.5, 0.6) is 0 Å². The molecular formula is C19H18N6OS. The third-order valence-electron chi connectivity index (χ3n) is 4.07. The molecule has 0 fully saturated rings. The highest BCUT2D eigenvalue weighted by molar-refractivity contribution is 7.97. The maximum atomic E-state index is 10.3. The summed E-state index contributed by atoms with van der Waals surface area (Å²) in [7, 11) is 0. The van der Waals surface area contributed by atoms with E-state index in [1.807, 2.05) is 61.5 Å². The fourth-order valence-electron chi connectivity index (χ4n) is 2.63. The van der Waals surface area contributed by atoms with E-state index in [2.05, 4.69) is 25.3 Å². The fraction of sp³-hybridized carbons (Fsp3) is 0.105. The topological polar surface area (TPSA) is 87.9 Å². The summed E-state index contributed by atoms with van der Waals surface area (Å²) in [6.45, 7) is 2.01. The highest BCUT2D eigenvalue weighted by atomic mass is 32.2. The number of anilines is 1. The zero-order valence-electron chi connectivity index (χ0n) is 14.6. The second-order valence-corrected chi connectivity index (χ2v) is 6.85. The Morgan fingerprint density at radius 2 is 1.81 bits per heavy atom. The average Bonchev–Trinajstić information content (AvgIpc) is 3.14. The van der Waals surface area contributed by atoms with E-state index in [-0.39, 0.29) is 0 Å². The Bertz CT molecular complexity index is 1040. The van der Waals surface area contributed by atoms with E-state index < -0.39 is 5.44 Å². The van der Waals surface area contributed by atoms with Gasteiger partial charge in [-0.1, -0.05) is 48.0 Å². The van der Waals surface area contributed by atoms with Gasteiger partial charge in [0.1, 0.15) is 11.8 Å². The molecule has 0 aliphatic carbocycles. The van der Waals surface area contributed by atoms with E-state index in [4.69, 9.17) is 0 Å². The molecule has 0 spiro atoms. The van der Waals surface area contributed by atoms with E-state index in [0.717, 1.165) is 34.1 Å². The molecule has 2 aromatic carbocycles.